The van der Waals surface area contributed by atoms with Gasteiger partial charge in [-0.25, -0.2) is 4.39 Å². The largest absolute Gasteiger partial charge is 0.480 e. The van der Waals surface area contributed by atoms with Gasteiger partial charge in [0.25, 0.3) is 0 Å². The average Bonchev–Trinajstić information content (AvgIpc) is 2.44. The first-order valence-electron chi connectivity index (χ1n) is 7.71. The molecule has 0 aromatic heterocycles. The summed E-state index contributed by atoms with van der Waals surface area (Å²) in [5, 5.41) is 11.8. The molecule has 0 spiro atoms. The van der Waals surface area contributed by atoms with Gasteiger partial charge >= 0.3 is 5.97 Å². The zero-order valence-electron chi connectivity index (χ0n) is 14.0. The lowest BCUT2D eigenvalue weighted by Gasteiger charge is -2.27. The fourth-order valence-electron chi connectivity index (χ4n) is 2.30. The van der Waals surface area contributed by atoms with E-state index in [2.05, 4.69) is 5.32 Å². The Kier molecular flexibility index (Phi) is 7.16. The Morgan fingerprint density at radius 2 is 1.70 bits per heavy atom. The molecular weight excluding hydrogens is 299 g/mol. The van der Waals surface area contributed by atoms with Gasteiger partial charge < -0.3 is 10.4 Å². The summed E-state index contributed by atoms with van der Waals surface area (Å²) < 4.78 is 13.0. The van der Waals surface area contributed by atoms with E-state index in [1.54, 1.807) is 17.0 Å². The van der Waals surface area contributed by atoms with Crippen LogP contribution in [-0.2, 0) is 9.59 Å². The van der Waals surface area contributed by atoms with E-state index in [0.717, 1.165) is 5.56 Å². The van der Waals surface area contributed by atoms with Crippen LogP contribution in [0.4, 0.5) is 4.39 Å². The van der Waals surface area contributed by atoms with Crippen LogP contribution in [0.5, 0.6) is 0 Å². The maximum atomic E-state index is 13.0. The number of rotatable bonds is 8. The van der Waals surface area contributed by atoms with Gasteiger partial charge in [0.15, 0.2) is 0 Å². The van der Waals surface area contributed by atoms with Gasteiger partial charge in [0, 0.05) is 6.04 Å². The van der Waals surface area contributed by atoms with Crippen LogP contribution in [0.2, 0.25) is 0 Å². The van der Waals surface area contributed by atoms with Gasteiger partial charge in [-0.1, -0.05) is 26.0 Å². The predicted octanol–water partition coefficient (Wildman–Crippen LogP) is 2.43. The molecule has 1 amide bonds. The average molecular weight is 324 g/mol. The monoisotopic (exact) mass is 324 g/mol. The minimum absolute atomic E-state index is 0.00831. The molecule has 0 aliphatic heterocycles. The number of benzene rings is 1. The first-order chi connectivity index (χ1) is 10.7. The number of aliphatic carboxylic acids is 1. The highest BCUT2D eigenvalue weighted by Crippen LogP contribution is 2.21. The fourth-order valence-corrected chi connectivity index (χ4v) is 2.30. The van der Waals surface area contributed by atoms with Crippen LogP contribution in [0.15, 0.2) is 24.3 Å². The second-order valence-electron chi connectivity index (χ2n) is 6.23. The highest BCUT2D eigenvalue weighted by molar-refractivity contribution is 5.79. The molecule has 0 fully saturated rings. The third kappa shape index (κ3) is 6.36. The number of nitrogens with zero attached hydrogens (tertiary/aromatic N) is 1. The minimum atomic E-state index is -0.967. The van der Waals surface area contributed by atoms with Crippen molar-refractivity contribution in [2.45, 2.75) is 39.8 Å². The third-order valence-electron chi connectivity index (χ3n) is 3.63. The predicted molar refractivity (Wildman–Crippen MR) is 86.5 cm³/mol. The van der Waals surface area contributed by atoms with Crippen molar-refractivity contribution in [1.82, 2.24) is 10.2 Å². The van der Waals surface area contributed by atoms with Crippen molar-refractivity contribution in [3.63, 3.8) is 0 Å². The number of amides is 1. The van der Waals surface area contributed by atoms with Gasteiger partial charge in [-0.15, -0.1) is 0 Å². The molecule has 0 aliphatic carbocycles. The number of hydrogen-bond donors (Lipinski definition) is 2. The molecule has 23 heavy (non-hydrogen) atoms. The van der Waals surface area contributed by atoms with Gasteiger partial charge in [-0.05, 0) is 37.5 Å². The van der Waals surface area contributed by atoms with E-state index in [-0.39, 0.29) is 42.8 Å². The summed E-state index contributed by atoms with van der Waals surface area (Å²) in [5.74, 6) is -1.42. The van der Waals surface area contributed by atoms with E-state index in [4.69, 9.17) is 5.11 Å². The molecule has 1 aromatic carbocycles. The van der Waals surface area contributed by atoms with Crippen molar-refractivity contribution in [2.24, 2.45) is 5.92 Å². The molecular formula is C17H25FN2O3. The lowest BCUT2D eigenvalue weighted by atomic mass is 9.96. The Hall–Kier alpha value is -1.95. The Morgan fingerprint density at radius 3 is 2.13 bits per heavy atom. The van der Waals surface area contributed by atoms with E-state index >= 15 is 0 Å². The molecule has 0 heterocycles. The maximum Gasteiger partial charge on any atom is 0.317 e. The van der Waals surface area contributed by atoms with Crippen molar-refractivity contribution in [2.75, 3.05) is 13.1 Å². The third-order valence-corrected chi connectivity index (χ3v) is 3.63. The first kappa shape index (κ1) is 19.1. The summed E-state index contributed by atoms with van der Waals surface area (Å²) in [6, 6.07) is 5.72. The van der Waals surface area contributed by atoms with Gasteiger partial charge in [0.05, 0.1) is 19.1 Å². The normalized spacial score (nSPS) is 12.7. The Balaban J connectivity index is 2.77. The summed E-state index contributed by atoms with van der Waals surface area (Å²) in [6.45, 7) is 7.44. The molecule has 0 radical (unpaired) electrons. The molecule has 128 valence electrons. The van der Waals surface area contributed by atoms with Crippen LogP contribution >= 0.6 is 0 Å². The topological polar surface area (TPSA) is 69.6 Å². The molecule has 1 rings (SSSR count). The zero-order chi connectivity index (χ0) is 17.6. The Morgan fingerprint density at radius 1 is 1.13 bits per heavy atom. The van der Waals surface area contributed by atoms with Gasteiger partial charge in [-0.3, -0.25) is 14.5 Å². The molecule has 2 N–H and O–H groups in total. The van der Waals surface area contributed by atoms with Crippen LogP contribution in [0, 0.1) is 11.7 Å². The molecule has 0 aliphatic rings. The number of carbonyl (C=O) groups excluding carboxylic acids is 1. The number of carboxylic acids is 1. The fraction of sp³-hybridized carbons (Fsp3) is 0.529. The lowest BCUT2D eigenvalue weighted by Crippen LogP contribution is -2.44. The van der Waals surface area contributed by atoms with Crippen LogP contribution in [0.1, 0.15) is 39.3 Å². The van der Waals surface area contributed by atoms with Crippen molar-refractivity contribution in [3.8, 4) is 0 Å². The van der Waals surface area contributed by atoms with Crippen LogP contribution < -0.4 is 5.32 Å². The Bertz CT molecular complexity index is 529. The maximum absolute atomic E-state index is 13.0. The smallest absolute Gasteiger partial charge is 0.317 e. The standard InChI is InChI=1S/C17H25FN2O3/c1-11(2)17(13-5-7-14(18)8-6-13)19-15(21)9-20(12(3)4)10-16(22)23/h5-8,11-12,17H,9-10H2,1-4H3,(H,19,21)(H,22,23). The van der Waals surface area contributed by atoms with Gasteiger partial charge in [0.2, 0.25) is 5.91 Å². The molecule has 5 nitrogen and oxygen atoms in total. The van der Waals surface area contributed by atoms with E-state index in [1.165, 1.54) is 12.1 Å². The van der Waals surface area contributed by atoms with Crippen molar-refractivity contribution >= 4 is 11.9 Å². The number of halogens is 1. The number of carbonyl (C=O) groups is 2. The summed E-state index contributed by atoms with van der Waals surface area (Å²) >= 11 is 0. The van der Waals surface area contributed by atoms with Crippen LogP contribution in [0.3, 0.4) is 0 Å². The second-order valence-corrected chi connectivity index (χ2v) is 6.23. The SMILES string of the molecule is CC(C)C(NC(=O)CN(CC(=O)O)C(C)C)c1ccc(F)cc1. The number of nitrogens with one attached hydrogen (secondary N) is 1. The summed E-state index contributed by atoms with van der Waals surface area (Å²) in [5.41, 5.74) is 0.823. The van der Waals surface area contributed by atoms with Gasteiger partial charge in [0.1, 0.15) is 5.82 Å². The number of carboxylic acid groups (broad SMARTS) is 1. The van der Waals surface area contributed by atoms with Crippen molar-refractivity contribution < 1.29 is 19.1 Å². The first-order valence-corrected chi connectivity index (χ1v) is 7.71. The van der Waals surface area contributed by atoms with E-state index in [1.807, 2.05) is 27.7 Å². The van der Waals surface area contributed by atoms with E-state index in [9.17, 15) is 14.0 Å². The van der Waals surface area contributed by atoms with Crippen molar-refractivity contribution in [1.29, 1.82) is 0 Å². The Labute approximate surface area is 136 Å². The van der Waals surface area contributed by atoms with E-state index < -0.39 is 5.97 Å². The second kappa shape index (κ2) is 8.62. The molecule has 0 saturated heterocycles. The molecule has 6 heteroatoms. The molecule has 1 unspecified atom stereocenters. The highest BCUT2D eigenvalue weighted by Gasteiger charge is 2.22. The summed E-state index contributed by atoms with van der Waals surface area (Å²) in [6.07, 6.45) is 0. The van der Waals surface area contributed by atoms with E-state index in [0.29, 0.717) is 0 Å². The lowest BCUT2D eigenvalue weighted by molar-refractivity contribution is -0.139. The molecule has 0 saturated carbocycles. The quantitative estimate of drug-likeness (QED) is 0.770. The number of hydrogen-bond acceptors (Lipinski definition) is 3. The van der Waals surface area contributed by atoms with Crippen molar-refractivity contribution in [3.05, 3.63) is 35.6 Å². The molecule has 1 atom stereocenters. The van der Waals surface area contributed by atoms with Crippen LogP contribution in [-0.4, -0.2) is 41.0 Å². The molecule has 0 bridgehead atoms. The zero-order valence-corrected chi connectivity index (χ0v) is 14.0. The summed E-state index contributed by atoms with van der Waals surface area (Å²) in [7, 11) is 0. The highest BCUT2D eigenvalue weighted by atomic mass is 19.1. The molecule has 1 aromatic rings. The minimum Gasteiger partial charge on any atom is -0.480 e. The van der Waals surface area contributed by atoms with Crippen LogP contribution in [0.25, 0.3) is 0 Å². The van der Waals surface area contributed by atoms with Gasteiger partial charge in [-0.2, -0.15) is 0 Å². The summed E-state index contributed by atoms with van der Waals surface area (Å²) in [4.78, 5) is 24.7.